The van der Waals surface area contributed by atoms with Gasteiger partial charge in [-0.2, -0.15) is 0 Å². The van der Waals surface area contributed by atoms with Gasteiger partial charge in [0.05, 0.1) is 23.4 Å². The maximum atomic E-state index is 5.72. The minimum absolute atomic E-state index is 0.0632. The Morgan fingerprint density at radius 3 is 2.65 bits per heavy atom. The molecule has 0 bridgehead atoms. The van der Waals surface area contributed by atoms with E-state index >= 15 is 0 Å². The van der Waals surface area contributed by atoms with E-state index in [0.717, 1.165) is 17.6 Å². The Bertz CT molecular complexity index is 700. The van der Waals surface area contributed by atoms with Crippen molar-refractivity contribution in [3.8, 4) is 0 Å². The molecule has 0 aliphatic carbocycles. The summed E-state index contributed by atoms with van der Waals surface area (Å²) in [5, 5.41) is 0. The number of benzene rings is 2. The first kappa shape index (κ1) is 12.8. The van der Waals surface area contributed by atoms with Crippen LogP contribution in [0.15, 0.2) is 54.9 Å². The maximum Gasteiger partial charge on any atom is 0.0958 e. The average molecular weight is 266 g/mol. The quantitative estimate of drug-likeness (QED) is 0.563. The van der Waals surface area contributed by atoms with Crippen LogP contribution in [0.4, 0.5) is 0 Å². The predicted molar refractivity (Wildman–Crippen MR) is 81.0 cm³/mol. The van der Waals surface area contributed by atoms with Crippen molar-refractivity contribution in [2.45, 2.75) is 19.5 Å². The van der Waals surface area contributed by atoms with Gasteiger partial charge in [0.25, 0.3) is 0 Å². The number of hydrazine groups is 1. The molecule has 3 N–H and O–H groups in total. The average Bonchev–Trinajstić information content (AvgIpc) is 2.89. The van der Waals surface area contributed by atoms with E-state index in [-0.39, 0.29) is 6.04 Å². The Labute approximate surface area is 118 Å². The zero-order valence-corrected chi connectivity index (χ0v) is 11.5. The van der Waals surface area contributed by atoms with E-state index < -0.39 is 0 Å². The lowest BCUT2D eigenvalue weighted by Gasteiger charge is -2.17. The van der Waals surface area contributed by atoms with Crippen LogP contribution in [0.25, 0.3) is 11.0 Å². The lowest BCUT2D eigenvalue weighted by Crippen LogP contribution is -2.31. The first-order valence-electron chi connectivity index (χ1n) is 6.70. The van der Waals surface area contributed by atoms with E-state index in [4.69, 9.17) is 5.84 Å². The van der Waals surface area contributed by atoms with Crippen molar-refractivity contribution in [3.63, 3.8) is 0 Å². The standard InChI is InChI=1S/C16H18N4/c1-12-6-8-13(9-7-12)15(19-17)10-20-11-18-14-4-2-3-5-16(14)20/h2-9,11,15,19H,10,17H2,1H3. The molecule has 0 fully saturated rings. The highest BCUT2D eigenvalue weighted by Crippen LogP contribution is 2.19. The van der Waals surface area contributed by atoms with E-state index in [9.17, 15) is 0 Å². The molecule has 1 heterocycles. The van der Waals surface area contributed by atoms with Gasteiger partial charge in [0.2, 0.25) is 0 Å². The fraction of sp³-hybridized carbons (Fsp3) is 0.188. The van der Waals surface area contributed by atoms with E-state index in [1.54, 1.807) is 0 Å². The van der Waals surface area contributed by atoms with Gasteiger partial charge in [0.15, 0.2) is 0 Å². The van der Waals surface area contributed by atoms with Gasteiger partial charge in [-0.05, 0) is 24.6 Å². The first-order chi connectivity index (χ1) is 9.78. The fourth-order valence-corrected chi connectivity index (χ4v) is 2.41. The van der Waals surface area contributed by atoms with Crippen LogP contribution in [-0.2, 0) is 6.54 Å². The lowest BCUT2D eigenvalue weighted by atomic mass is 10.1. The molecule has 20 heavy (non-hydrogen) atoms. The summed E-state index contributed by atoms with van der Waals surface area (Å²) in [5.41, 5.74) is 7.45. The second-order valence-electron chi connectivity index (χ2n) is 5.02. The largest absolute Gasteiger partial charge is 0.329 e. The molecule has 0 saturated heterocycles. The van der Waals surface area contributed by atoms with Crippen LogP contribution in [0.1, 0.15) is 17.2 Å². The Morgan fingerprint density at radius 1 is 1.15 bits per heavy atom. The van der Waals surface area contributed by atoms with Crippen molar-refractivity contribution in [2.75, 3.05) is 0 Å². The van der Waals surface area contributed by atoms with Gasteiger partial charge in [0, 0.05) is 6.54 Å². The van der Waals surface area contributed by atoms with Crippen LogP contribution in [-0.4, -0.2) is 9.55 Å². The molecular weight excluding hydrogens is 248 g/mol. The zero-order chi connectivity index (χ0) is 13.9. The summed E-state index contributed by atoms with van der Waals surface area (Å²) in [4.78, 5) is 4.41. The second kappa shape index (κ2) is 5.45. The number of aryl methyl sites for hydroxylation is 1. The molecule has 1 unspecified atom stereocenters. The highest BCUT2D eigenvalue weighted by atomic mass is 15.2. The second-order valence-corrected chi connectivity index (χ2v) is 5.02. The third kappa shape index (κ3) is 2.43. The summed E-state index contributed by atoms with van der Waals surface area (Å²) in [6.07, 6.45) is 1.86. The van der Waals surface area contributed by atoms with Gasteiger partial charge in [-0.3, -0.25) is 11.3 Å². The molecule has 0 aliphatic heterocycles. The van der Waals surface area contributed by atoms with Crippen molar-refractivity contribution < 1.29 is 0 Å². The topological polar surface area (TPSA) is 55.9 Å². The van der Waals surface area contributed by atoms with E-state index in [2.05, 4.69) is 52.2 Å². The third-order valence-electron chi connectivity index (χ3n) is 3.59. The minimum atomic E-state index is 0.0632. The number of aromatic nitrogens is 2. The van der Waals surface area contributed by atoms with Crippen LogP contribution in [0.2, 0.25) is 0 Å². The molecule has 0 aliphatic rings. The highest BCUT2D eigenvalue weighted by Gasteiger charge is 2.12. The zero-order valence-electron chi connectivity index (χ0n) is 11.5. The summed E-state index contributed by atoms with van der Waals surface area (Å²) >= 11 is 0. The number of hydrogen-bond donors (Lipinski definition) is 2. The van der Waals surface area contributed by atoms with Gasteiger partial charge < -0.3 is 4.57 Å². The monoisotopic (exact) mass is 266 g/mol. The number of fused-ring (bicyclic) bond motifs is 1. The molecule has 1 atom stereocenters. The lowest BCUT2D eigenvalue weighted by molar-refractivity contribution is 0.481. The molecule has 1 aromatic heterocycles. The number of nitrogens with two attached hydrogens (primary N) is 1. The van der Waals surface area contributed by atoms with Gasteiger partial charge >= 0.3 is 0 Å². The van der Waals surface area contributed by atoms with Gasteiger partial charge in [0.1, 0.15) is 0 Å². The Hall–Kier alpha value is -2.17. The number of imidazole rings is 1. The minimum Gasteiger partial charge on any atom is -0.329 e. The van der Waals surface area contributed by atoms with Crippen LogP contribution < -0.4 is 11.3 Å². The normalized spacial score (nSPS) is 12.7. The molecule has 102 valence electrons. The van der Waals surface area contributed by atoms with Crippen molar-refractivity contribution in [1.29, 1.82) is 0 Å². The maximum absolute atomic E-state index is 5.72. The van der Waals surface area contributed by atoms with Gasteiger partial charge in [-0.25, -0.2) is 4.98 Å². The van der Waals surface area contributed by atoms with Crippen molar-refractivity contribution >= 4 is 11.0 Å². The van der Waals surface area contributed by atoms with Crippen molar-refractivity contribution in [3.05, 3.63) is 66.0 Å². The van der Waals surface area contributed by atoms with E-state index in [0.29, 0.717) is 0 Å². The van der Waals surface area contributed by atoms with Crippen molar-refractivity contribution in [2.24, 2.45) is 5.84 Å². The smallest absolute Gasteiger partial charge is 0.0958 e. The summed E-state index contributed by atoms with van der Waals surface area (Å²) < 4.78 is 2.12. The van der Waals surface area contributed by atoms with Crippen molar-refractivity contribution in [1.82, 2.24) is 15.0 Å². The highest BCUT2D eigenvalue weighted by molar-refractivity contribution is 5.74. The van der Waals surface area contributed by atoms with E-state index in [1.165, 1.54) is 11.1 Å². The molecule has 3 aromatic rings. The molecule has 0 amide bonds. The summed E-state index contributed by atoms with van der Waals surface area (Å²) in [7, 11) is 0. The predicted octanol–water partition coefficient (Wildman–Crippen LogP) is 2.55. The first-order valence-corrected chi connectivity index (χ1v) is 6.70. The van der Waals surface area contributed by atoms with Gasteiger partial charge in [-0.1, -0.05) is 42.0 Å². The number of rotatable bonds is 4. The molecule has 4 nitrogen and oxygen atoms in total. The van der Waals surface area contributed by atoms with Crippen LogP contribution in [0.5, 0.6) is 0 Å². The van der Waals surface area contributed by atoms with Crippen LogP contribution in [0, 0.1) is 6.92 Å². The van der Waals surface area contributed by atoms with E-state index in [1.807, 2.05) is 24.5 Å². The number of nitrogens with zero attached hydrogens (tertiary/aromatic N) is 2. The molecule has 0 radical (unpaired) electrons. The molecule has 2 aromatic carbocycles. The third-order valence-corrected chi connectivity index (χ3v) is 3.59. The number of para-hydroxylation sites is 2. The molecule has 0 saturated carbocycles. The number of nitrogens with one attached hydrogen (secondary N) is 1. The Kier molecular flexibility index (Phi) is 3.50. The summed E-state index contributed by atoms with van der Waals surface area (Å²) in [6, 6.07) is 16.6. The molecule has 4 heteroatoms. The Balaban J connectivity index is 1.89. The fourth-order valence-electron chi connectivity index (χ4n) is 2.41. The summed E-state index contributed by atoms with van der Waals surface area (Å²) in [6.45, 7) is 2.83. The molecular formula is C16H18N4. The SMILES string of the molecule is Cc1ccc(C(Cn2cnc3ccccc32)NN)cc1. The number of hydrogen-bond acceptors (Lipinski definition) is 3. The van der Waals surface area contributed by atoms with Crippen LogP contribution >= 0.6 is 0 Å². The molecule has 0 spiro atoms. The summed E-state index contributed by atoms with van der Waals surface area (Å²) in [5.74, 6) is 5.72. The van der Waals surface area contributed by atoms with Gasteiger partial charge in [-0.15, -0.1) is 0 Å². The Morgan fingerprint density at radius 2 is 1.90 bits per heavy atom. The molecule has 3 rings (SSSR count). The van der Waals surface area contributed by atoms with Crippen LogP contribution in [0.3, 0.4) is 0 Å².